The maximum atomic E-state index is 14.1. The molecule has 4 aromatic rings. The second kappa shape index (κ2) is 10.1. The molecule has 1 saturated heterocycles. The first-order valence-corrected chi connectivity index (χ1v) is 14.7. The zero-order valence-corrected chi connectivity index (χ0v) is 22.3. The Labute approximate surface area is 221 Å². The largest absolute Gasteiger partial charge is 0.281 e. The molecule has 1 atom stereocenters. The van der Waals surface area contributed by atoms with Crippen LogP contribution in [-0.4, -0.2) is 41.2 Å². The molecule has 3 aromatic heterocycles. The summed E-state index contributed by atoms with van der Waals surface area (Å²) in [5, 5.41) is 0.942. The van der Waals surface area contributed by atoms with Gasteiger partial charge in [-0.3, -0.25) is 14.7 Å². The van der Waals surface area contributed by atoms with Crippen molar-refractivity contribution in [1.82, 2.24) is 14.3 Å². The van der Waals surface area contributed by atoms with Gasteiger partial charge < -0.3 is 0 Å². The monoisotopic (exact) mass is 566 g/mol. The number of fused-ring (bicyclic) bond motifs is 1. The number of thiazole rings is 1. The van der Waals surface area contributed by atoms with Crippen LogP contribution in [0.1, 0.15) is 25.0 Å². The van der Waals surface area contributed by atoms with Crippen LogP contribution in [0.15, 0.2) is 58.9 Å². The molecule has 4 heterocycles. The topological polar surface area (TPSA) is 83.5 Å². The Hall–Kier alpha value is -2.08. The summed E-state index contributed by atoms with van der Waals surface area (Å²) in [6.07, 6.45) is 3.50. The van der Waals surface area contributed by atoms with Gasteiger partial charge in [-0.1, -0.05) is 53.1 Å². The average molecular weight is 568 g/mol. The fourth-order valence-corrected chi connectivity index (χ4v) is 8.62. The fourth-order valence-electron chi connectivity index (χ4n) is 4.08. The number of para-hydroxylation sites is 1. The van der Waals surface area contributed by atoms with E-state index < -0.39 is 16.1 Å². The van der Waals surface area contributed by atoms with Gasteiger partial charge >= 0.3 is 0 Å². The summed E-state index contributed by atoms with van der Waals surface area (Å²) in [4.78, 5) is 24.6. The Morgan fingerprint density at radius 3 is 2.66 bits per heavy atom. The van der Waals surface area contributed by atoms with Gasteiger partial charge in [0.25, 0.3) is 10.0 Å². The quantitative estimate of drug-likeness (QED) is 0.293. The molecule has 7 nitrogen and oxygen atoms in total. The zero-order chi connectivity index (χ0) is 24.6. The minimum absolute atomic E-state index is 0.130. The minimum Gasteiger partial charge on any atom is -0.281 e. The number of amides is 1. The Morgan fingerprint density at radius 1 is 1.09 bits per heavy atom. The van der Waals surface area contributed by atoms with Crippen LogP contribution in [0.25, 0.3) is 10.2 Å². The number of nitrogens with zero attached hydrogens (tertiary/aromatic N) is 4. The maximum Gasteiger partial charge on any atom is 0.253 e. The third-order valence-electron chi connectivity index (χ3n) is 5.75. The molecule has 1 amide bonds. The normalized spacial score (nSPS) is 17.0. The summed E-state index contributed by atoms with van der Waals surface area (Å²) in [5.41, 5.74) is 1.27. The number of anilines is 1. The smallest absolute Gasteiger partial charge is 0.253 e. The van der Waals surface area contributed by atoms with Gasteiger partial charge in [0.05, 0.1) is 26.3 Å². The first kappa shape index (κ1) is 24.6. The number of benzene rings is 1. The average Bonchev–Trinajstić information content (AvgIpc) is 3.50. The number of piperidine rings is 1. The number of thiophene rings is 1. The Bertz CT molecular complexity index is 1470. The van der Waals surface area contributed by atoms with Crippen LogP contribution < -0.4 is 4.90 Å². The molecule has 182 valence electrons. The van der Waals surface area contributed by atoms with E-state index in [2.05, 4.69) is 9.97 Å². The van der Waals surface area contributed by atoms with Crippen LogP contribution in [0.4, 0.5) is 5.13 Å². The molecule has 0 aliphatic carbocycles. The van der Waals surface area contributed by atoms with E-state index in [1.807, 2.05) is 24.3 Å². The van der Waals surface area contributed by atoms with Crippen molar-refractivity contribution in [2.75, 3.05) is 11.4 Å². The summed E-state index contributed by atoms with van der Waals surface area (Å²) in [6.45, 7) is 0.420. The Morgan fingerprint density at radius 2 is 1.94 bits per heavy atom. The molecule has 1 aromatic carbocycles. The van der Waals surface area contributed by atoms with E-state index >= 15 is 0 Å². The second-order valence-corrected chi connectivity index (χ2v) is 13.3. The fraction of sp³-hybridized carbons (Fsp3) is 0.261. The van der Waals surface area contributed by atoms with Crippen LogP contribution in [0.5, 0.6) is 0 Å². The number of hydrogen-bond donors (Lipinski definition) is 0. The maximum absolute atomic E-state index is 14.1. The van der Waals surface area contributed by atoms with E-state index in [0.717, 1.165) is 22.5 Å². The van der Waals surface area contributed by atoms with Gasteiger partial charge in [0.1, 0.15) is 15.8 Å². The van der Waals surface area contributed by atoms with Gasteiger partial charge in [-0.25, -0.2) is 13.4 Å². The highest BCUT2D eigenvalue weighted by molar-refractivity contribution is 7.91. The van der Waals surface area contributed by atoms with Gasteiger partial charge in [0, 0.05) is 12.7 Å². The highest BCUT2D eigenvalue weighted by Gasteiger charge is 2.41. The number of hydrogen-bond acceptors (Lipinski definition) is 7. The predicted octanol–water partition coefficient (Wildman–Crippen LogP) is 5.84. The van der Waals surface area contributed by atoms with Gasteiger partial charge in [-0.05, 0) is 49.2 Å². The lowest BCUT2D eigenvalue weighted by Crippen LogP contribution is -2.52. The third kappa shape index (κ3) is 4.96. The molecule has 1 aliphatic heterocycles. The van der Waals surface area contributed by atoms with Crippen molar-refractivity contribution in [3.63, 3.8) is 0 Å². The number of rotatable bonds is 6. The van der Waals surface area contributed by atoms with Crippen LogP contribution in [-0.2, 0) is 21.4 Å². The SMILES string of the molecule is O=C(C1CCCCN1S(=O)(=O)c1ccc(Cl)s1)N(Cc1ccccn1)c1nc2c(Cl)cccc2s1. The summed E-state index contributed by atoms with van der Waals surface area (Å²) in [7, 11) is -3.89. The number of aromatic nitrogens is 2. The van der Waals surface area contributed by atoms with E-state index in [4.69, 9.17) is 23.2 Å². The van der Waals surface area contributed by atoms with E-state index in [0.29, 0.717) is 38.5 Å². The summed E-state index contributed by atoms with van der Waals surface area (Å²) >= 11 is 14.7. The van der Waals surface area contributed by atoms with Crippen molar-refractivity contribution < 1.29 is 13.2 Å². The minimum atomic E-state index is -3.89. The van der Waals surface area contributed by atoms with Gasteiger partial charge in [-0.2, -0.15) is 4.31 Å². The molecule has 0 spiro atoms. The summed E-state index contributed by atoms with van der Waals surface area (Å²) < 4.78 is 29.6. The Balaban J connectivity index is 1.55. The zero-order valence-electron chi connectivity index (χ0n) is 18.3. The third-order valence-corrected chi connectivity index (χ3v) is 10.7. The van der Waals surface area contributed by atoms with Crippen molar-refractivity contribution in [2.24, 2.45) is 0 Å². The van der Waals surface area contributed by atoms with Crippen LogP contribution in [0.3, 0.4) is 0 Å². The standard InChI is InChI=1S/C23H20Cl2N4O3S3/c24-16-7-5-9-18-21(16)27-23(33-18)28(14-15-6-1-3-12-26-15)22(30)17-8-2-4-13-29(17)35(31,32)20-11-10-19(25)34-20/h1,3,5-7,9-12,17H,2,4,8,13-14H2. The number of carbonyl (C=O) groups excluding carboxylic acids is 1. The first-order chi connectivity index (χ1) is 16.8. The summed E-state index contributed by atoms with van der Waals surface area (Å²) in [6, 6.07) is 13.1. The summed E-state index contributed by atoms with van der Waals surface area (Å²) in [5.74, 6) is -0.336. The van der Waals surface area contributed by atoms with E-state index in [1.54, 1.807) is 24.4 Å². The van der Waals surface area contributed by atoms with Crippen molar-refractivity contribution >= 4 is 77.2 Å². The van der Waals surface area contributed by atoms with E-state index in [-0.39, 0.29) is 23.2 Å². The van der Waals surface area contributed by atoms with Crippen LogP contribution in [0, 0.1) is 0 Å². The first-order valence-electron chi connectivity index (χ1n) is 10.9. The molecule has 12 heteroatoms. The lowest BCUT2D eigenvalue weighted by Gasteiger charge is -2.35. The van der Waals surface area contributed by atoms with E-state index in [9.17, 15) is 13.2 Å². The second-order valence-electron chi connectivity index (χ2n) is 8.01. The van der Waals surface area contributed by atoms with Crippen molar-refractivity contribution in [3.8, 4) is 0 Å². The van der Waals surface area contributed by atoms with Crippen LogP contribution in [0.2, 0.25) is 9.36 Å². The molecule has 0 saturated carbocycles. The van der Waals surface area contributed by atoms with Gasteiger partial charge in [0.15, 0.2) is 5.13 Å². The number of carbonyl (C=O) groups is 1. The van der Waals surface area contributed by atoms with Gasteiger partial charge in [0.2, 0.25) is 5.91 Å². The number of pyridine rings is 1. The van der Waals surface area contributed by atoms with Crippen LogP contribution >= 0.6 is 45.9 Å². The lowest BCUT2D eigenvalue weighted by molar-refractivity contribution is -0.123. The van der Waals surface area contributed by atoms with Gasteiger partial charge in [-0.15, -0.1) is 11.3 Å². The molecule has 1 aliphatic rings. The Kier molecular flexibility index (Phi) is 7.11. The predicted molar refractivity (Wildman–Crippen MR) is 141 cm³/mol. The highest BCUT2D eigenvalue weighted by Crippen LogP contribution is 2.36. The number of halogens is 2. The van der Waals surface area contributed by atoms with Crippen molar-refractivity contribution in [2.45, 2.75) is 36.1 Å². The molecule has 1 unspecified atom stereocenters. The molecule has 0 radical (unpaired) electrons. The lowest BCUT2D eigenvalue weighted by atomic mass is 10.0. The molecule has 5 rings (SSSR count). The number of sulfonamides is 1. The van der Waals surface area contributed by atoms with Crippen molar-refractivity contribution in [3.05, 3.63) is 69.8 Å². The molecule has 1 fully saturated rings. The van der Waals surface area contributed by atoms with Crippen molar-refractivity contribution in [1.29, 1.82) is 0 Å². The highest BCUT2D eigenvalue weighted by atomic mass is 35.5. The van der Waals surface area contributed by atoms with E-state index in [1.165, 1.54) is 26.6 Å². The molecular weight excluding hydrogens is 547 g/mol. The molecule has 35 heavy (non-hydrogen) atoms. The molecular formula is C23H20Cl2N4O3S3. The molecule has 0 N–H and O–H groups in total. The molecule has 0 bridgehead atoms.